The van der Waals surface area contributed by atoms with Crippen molar-refractivity contribution >= 4 is 9.84 Å². The molecule has 0 heterocycles. The van der Waals surface area contributed by atoms with Crippen LogP contribution in [0.15, 0.2) is 94.9 Å². The average Bonchev–Trinajstić information content (AvgIpc) is 2.80. The van der Waals surface area contributed by atoms with Gasteiger partial charge in [-0.05, 0) is 34.4 Å². The van der Waals surface area contributed by atoms with Crippen molar-refractivity contribution in [2.45, 2.75) is 30.3 Å². The lowest BCUT2D eigenvalue weighted by molar-refractivity contribution is -0.00747. The highest BCUT2D eigenvalue weighted by molar-refractivity contribution is 7.90. The molecule has 0 saturated heterocycles. The highest BCUT2D eigenvalue weighted by Gasteiger charge is 2.24. The maximum Gasteiger partial charge on any atom is 0.175 e. The molecule has 0 aliphatic carbocycles. The van der Waals surface area contributed by atoms with Gasteiger partial charge in [0.1, 0.15) is 0 Å². The molecule has 3 aromatic rings. The molecule has 166 valence electrons. The average molecular weight is 452 g/mol. The SMILES string of the molecule is CS(=O)(=O)c1ccc([C@@H](OCc2ccccc2)[C@@H](COCc2ccccc2)N=[N+]=[N-])cc1. The standard InChI is InChI=1S/C24H25N3O4S/c1-32(28,29)22-14-12-21(13-15-22)24(31-17-20-10-6-3-7-11-20)23(26-27-25)18-30-16-19-8-4-2-5-9-19/h2-15,23-24H,16-18H2,1H3/t23-,24-/m1/s1. The zero-order chi connectivity index (χ0) is 22.8. The third kappa shape index (κ3) is 6.93. The molecular formula is C24H25N3O4S. The van der Waals surface area contributed by atoms with Crippen molar-refractivity contribution in [3.05, 3.63) is 112 Å². The van der Waals surface area contributed by atoms with Gasteiger partial charge in [-0.25, -0.2) is 8.42 Å². The van der Waals surface area contributed by atoms with Crippen molar-refractivity contribution in [1.29, 1.82) is 0 Å². The summed E-state index contributed by atoms with van der Waals surface area (Å²) in [5, 5.41) is 3.93. The number of sulfone groups is 1. The molecule has 0 N–H and O–H groups in total. The molecule has 0 unspecified atom stereocenters. The van der Waals surface area contributed by atoms with Crippen molar-refractivity contribution in [3.63, 3.8) is 0 Å². The van der Waals surface area contributed by atoms with Crippen LogP contribution >= 0.6 is 0 Å². The molecule has 8 heteroatoms. The third-order valence-corrected chi connectivity index (χ3v) is 5.99. The van der Waals surface area contributed by atoms with E-state index in [1.54, 1.807) is 12.1 Å². The van der Waals surface area contributed by atoms with Gasteiger partial charge in [0.05, 0.1) is 36.9 Å². The molecule has 32 heavy (non-hydrogen) atoms. The molecule has 0 saturated carbocycles. The first-order valence-electron chi connectivity index (χ1n) is 10.1. The van der Waals surface area contributed by atoms with E-state index in [9.17, 15) is 8.42 Å². The Morgan fingerprint density at radius 3 is 1.97 bits per heavy atom. The van der Waals surface area contributed by atoms with Crippen molar-refractivity contribution < 1.29 is 17.9 Å². The minimum Gasteiger partial charge on any atom is -0.376 e. The number of azide groups is 1. The molecule has 0 aromatic heterocycles. The minimum absolute atomic E-state index is 0.145. The molecule has 0 amide bonds. The molecule has 0 radical (unpaired) electrons. The Morgan fingerprint density at radius 1 is 0.875 bits per heavy atom. The summed E-state index contributed by atoms with van der Waals surface area (Å²) in [7, 11) is -3.32. The summed E-state index contributed by atoms with van der Waals surface area (Å²) in [6.45, 7) is 0.818. The lowest BCUT2D eigenvalue weighted by Crippen LogP contribution is -2.25. The lowest BCUT2D eigenvalue weighted by Gasteiger charge is -2.25. The van der Waals surface area contributed by atoms with Crippen molar-refractivity contribution in [3.8, 4) is 0 Å². The molecule has 0 aliphatic heterocycles. The Hall–Kier alpha value is -3.16. The van der Waals surface area contributed by atoms with Crippen LogP contribution < -0.4 is 0 Å². The van der Waals surface area contributed by atoms with Gasteiger partial charge in [-0.2, -0.15) is 0 Å². The van der Waals surface area contributed by atoms with Gasteiger partial charge in [0, 0.05) is 11.2 Å². The van der Waals surface area contributed by atoms with E-state index in [2.05, 4.69) is 10.0 Å². The van der Waals surface area contributed by atoms with Crippen LogP contribution in [-0.2, 0) is 32.5 Å². The van der Waals surface area contributed by atoms with E-state index in [0.29, 0.717) is 18.8 Å². The fourth-order valence-electron chi connectivity index (χ4n) is 3.21. The summed E-state index contributed by atoms with van der Waals surface area (Å²) < 4.78 is 35.6. The van der Waals surface area contributed by atoms with Gasteiger partial charge < -0.3 is 9.47 Å². The van der Waals surface area contributed by atoms with E-state index in [4.69, 9.17) is 15.0 Å². The van der Waals surface area contributed by atoms with Crippen LogP contribution in [-0.4, -0.2) is 27.3 Å². The molecule has 0 bridgehead atoms. The fourth-order valence-corrected chi connectivity index (χ4v) is 3.84. The Bertz CT molecular complexity index is 1130. The zero-order valence-electron chi connectivity index (χ0n) is 17.7. The Kier molecular flexibility index (Phi) is 8.41. The number of hydrogen-bond donors (Lipinski definition) is 0. The van der Waals surface area contributed by atoms with Crippen LogP contribution in [0.25, 0.3) is 10.4 Å². The van der Waals surface area contributed by atoms with Gasteiger partial charge in [0.2, 0.25) is 0 Å². The van der Waals surface area contributed by atoms with Gasteiger partial charge in [-0.3, -0.25) is 0 Å². The van der Waals surface area contributed by atoms with Crippen molar-refractivity contribution in [1.82, 2.24) is 0 Å². The highest BCUT2D eigenvalue weighted by atomic mass is 32.2. The smallest absolute Gasteiger partial charge is 0.175 e. The molecule has 0 aliphatic rings. The van der Waals surface area contributed by atoms with Gasteiger partial charge in [0.15, 0.2) is 9.84 Å². The van der Waals surface area contributed by atoms with Crippen LogP contribution in [0.2, 0.25) is 0 Å². The van der Waals surface area contributed by atoms with Crippen LogP contribution in [0.1, 0.15) is 22.8 Å². The summed E-state index contributed by atoms with van der Waals surface area (Å²) in [6.07, 6.45) is 0.543. The van der Waals surface area contributed by atoms with Crippen LogP contribution in [0.3, 0.4) is 0 Å². The topological polar surface area (TPSA) is 101 Å². The number of rotatable bonds is 11. The van der Waals surface area contributed by atoms with Crippen molar-refractivity contribution in [2.75, 3.05) is 12.9 Å². The molecule has 2 atom stereocenters. The maximum atomic E-state index is 11.8. The Morgan fingerprint density at radius 2 is 1.44 bits per heavy atom. The number of benzene rings is 3. The summed E-state index contributed by atoms with van der Waals surface area (Å²) in [5.41, 5.74) is 11.8. The van der Waals surface area contributed by atoms with E-state index in [-0.39, 0.29) is 11.5 Å². The normalized spacial score (nSPS) is 13.2. The Labute approximate surface area is 188 Å². The molecule has 3 aromatic carbocycles. The second kappa shape index (κ2) is 11.5. The first kappa shape index (κ1) is 23.5. The van der Waals surface area contributed by atoms with Gasteiger partial charge >= 0.3 is 0 Å². The molecule has 0 spiro atoms. The van der Waals surface area contributed by atoms with Gasteiger partial charge in [-0.15, -0.1) is 0 Å². The van der Waals surface area contributed by atoms with Crippen LogP contribution in [0.4, 0.5) is 0 Å². The monoisotopic (exact) mass is 451 g/mol. The first-order chi connectivity index (χ1) is 15.5. The summed E-state index contributed by atoms with van der Waals surface area (Å²) in [6, 6.07) is 25.1. The van der Waals surface area contributed by atoms with E-state index in [1.165, 1.54) is 12.1 Å². The van der Waals surface area contributed by atoms with Crippen molar-refractivity contribution in [2.24, 2.45) is 5.11 Å². The van der Waals surface area contributed by atoms with Crippen LogP contribution in [0.5, 0.6) is 0 Å². The third-order valence-electron chi connectivity index (χ3n) is 4.86. The molecule has 3 rings (SSSR count). The van der Waals surface area contributed by atoms with E-state index < -0.39 is 22.0 Å². The second-order valence-corrected chi connectivity index (χ2v) is 9.35. The summed E-state index contributed by atoms with van der Waals surface area (Å²) >= 11 is 0. The first-order valence-corrected chi connectivity index (χ1v) is 12.0. The molecular weight excluding hydrogens is 426 g/mol. The summed E-state index contributed by atoms with van der Waals surface area (Å²) in [4.78, 5) is 3.20. The van der Waals surface area contributed by atoms with E-state index >= 15 is 0 Å². The molecule has 0 fully saturated rings. The number of hydrogen-bond acceptors (Lipinski definition) is 5. The quantitative estimate of drug-likeness (QED) is 0.226. The second-order valence-electron chi connectivity index (χ2n) is 7.33. The predicted octanol–water partition coefficient (Wildman–Crippen LogP) is 5.24. The predicted molar refractivity (Wildman–Crippen MR) is 123 cm³/mol. The van der Waals surface area contributed by atoms with Gasteiger partial charge in [0.25, 0.3) is 0 Å². The summed E-state index contributed by atoms with van der Waals surface area (Å²) in [5.74, 6) is 0. The maximum absolute atomic E-state index is 11.8. The number of nitrogens with zero attached hydrogens (tertiary/aromatic N) is 3. The Balaban J connectivity index is 1.81. The fraction of sp³-hybridized carbons (Fsp3) is 0.250. The van der Waals surface area contributed by atoms with Gasteiger partial charge in [-0.1, -0.05) is 77.9 Å². The largest absolute Gasteiger partial charge is 0.376 e. The van der Waals surface area contributed by atoms with Crippen LogP contribution in [0, 0.1) is 0 Å². The minimum atomic E-state index is -3.32. The lowest BCUT2D eigenvalue weighted by atomic mass is 10.0. The highest BCUT2D eigenvalue weighted by Crippen LogP contribution is 2.27. The van der Waals surface area contributed by atoms with E-state index in [0.717, 1.165) is 17.4 Å². The molecule has 7 nitrogen and oxygen atoms in total. The number of ether oxygens (including phenoxy) is 2. The zero-order valence-corrected chi connectivity index (χ0v) is 18.6. The van der Waals surface area contributed by atoms with E-state index in [1.807, 2.05) is 60.7 Å².